The molecule has 1 aliphatic rings. The van der Waals surface area contributed by atoms with E-state index >= 15 is 0 Å². The fraction of sp³-hybridized carbons (Fsp3) is 0.538. The summed E-state index contributed by atoms with van der Waals surface area (Å²) in [7, 11) is -3.35. The van der Waals surface area contributed by atoms with Crippen LogP contribution in [0.1, 0.15) is 25.1 Å². The van der Waals surface area contributed by atoms with E-state index in [4.69, 9.17) is 0 Å². The summed E-state index contributed by atoms with van der Waals surface area (Å²) in [6.45, 7) is 6.54. The molecule has 0 saturated carbocycles. The van der Waals surface area contributed by atoms with E-state index in [1.165, 1.54) is 11.3 Å². The van der Waals surface area contributed by atoms with Gasteiger partial charge < -0.3 is 5.32 Å². The zero-order chi connectivity index (χ0) is 13.9. The predicted molar refractivity (Wildman–Crippen MR) is 78.8 cm³/mol. The molecule has 1 aromatic heterocycles. The highest BCUT2D eigenvalue weighted by molar-refractivity contribution is 7.89. The number of rotatable bonds is 5. The number of sulfonamides is 1. The molecule has 2 heterocycles. The fourth-order valence-electron chi connectivity index (χ4n) is 2.15. The van der Waals surface area contributed by atoms with Crippen LogP contribution in [0.3, 0.4) is 0 Å². The Labute approximate surface area is 119 Å². The minimum absolute atomic E-state index is 0.466. The third kappa shape index (κ3) is 3.25. The van der Waals surface area contributed by atoms with E-state index in [9.17, 15) is 8.42 Å². The molecule has 0 amide bonds. The monoisotopic (exact) mass is 300 g/mol. The van der Waals surface area contributed by atoms with Crippen LogP contribution in [0.2, 0.25) is 0 Å². The van der Waals surface area contributed by atoms with Crippen LogP contribution >= 0.6 is 11.3 Å². The molecule has 4 nitrogen and oxygen atoms in total. The van der Waals surface area contributed by atoms with Crippen molar-refractivity contribution in [3.05, 3.63) is 28.0 Å². The Kier molecular flexibility index (Phi) is 4.78. The van der Waals surface area contributed by atoms with Gasteiger partial charge in [-0.15, -0.1) is 11.3 Å². The Morgan fingerprint density at radius 1 is 1.47 bits per heavy atom. The molecule has 0 saturated heterocycles. The topological polar surface area (TPSA) is 49.4 Å². The number of thiophene rings is 1. The van der Waals surface area contributed by atoms with Crippen LogP contribution in [0.25, 0.3) is 0 Å². The van der Waals surface area contributed by atoms with Crippen LogP contribution < -0.4 is 5.32 Å². The molecule has 0 aliphatic carbocycles. The summed E-state index contributed by atoms with van der Waals surface area (Å²) in [6, 6.07) is 1.72. The summed E-state index contributed by atoms with van der Waals surface area (Å²) in [5.74, 6) is 0. The van der Waals surface area contributed by atoms with Gasteiger partial charge in [-0.05, 0) is 31.3 Å². The molecule has 1 aromatic rings. The second kappa shape index (κ2) is 6.17. The van der Waals surface area contributed by atoms with Crippen molar-refractivity contribution in [2.75, 3.05) is 19.6 Å². The molecule has 19 heavy (non-hydrogen) atoms. The second-order valence-corrected chi connectivity index (χ2v) is 7.57. The maximum Gasteiger partial charge on any atom is 0.244 e. The molecule has 0 atom stereocenters. The molecule has 0 fully saturated rings. The highest BCUT2D eigenvalue weighted by Crippen LogP contribution is 2.27. The molecule has 6 heteroatoms. The smallest absolute Gasteiger partial charge is 0.244 e. The van der Waals surface area contributed by atoms with E-state index < -0.39 is 10.0 Å². The van der Waals surface area contributed by atoms with Crippen molar-refractivity contribution >= 4 is 21.4 Å². The largest absolute Gasteiger partial charge is 0.312 e. The minimum atomic E-state index is -3.35. The maximum atomic E-state index is 12.7. The van der Waals surface area contributed by atoms with Gasteiger partial charge in [0, 0.05) is 24.5 Å². The van der Waals surface area contributed by atoms with Crippen LogP contribution in [0.4, 0.5) is 0 Å². The summed E-state index contributed by atoms with van der Waals surface area (Å²) in [4.78, 5) is 1.36. The Morgan fingerprint density at radius 2 is 2.26 bits per heavy atom. The number of hydrogen-bond acceptors (Lipinski definition) is 4. The first-order chi connectivity index (χ1) is 9.05. The maximum absolute atomic E-state index is 12.7. The minimum Gasteiger partial charge on any atom is -0.312 e. The van der Waals surface area contributed by atoms with Crippen molar-refractivity contribution in [1.82, 2.24) is 9.62 Å². The molecular formula is C13H20N2O2S2. The molecule has 106 valence electrons. The molecule has 2 rings (SSSR count). The second-order valence-electron chi connectivity index (χ2n) is 4.67. The molecule has 1 aliphatic heterocycles. The molecule has 0 spiro atoms. The first-order valence-corrected chi connectivity index (χ1v) is 8.80. The van der Waals surface area contributed by atoms with E-state index in [1.807, 2.05) is 19.2 Å². The van der Waals surface area contributed by atoms with Gasteiger partial charge in [-0.25, -0.2) is 8.42 Å². The van der Waals surface area contributed by atoms with Crippen molar-refractivity contribution in [3.63, 3.8) is 0 Å². The van der Waals surface area contributed by atoms with Gasteiger partial charge in [-0.1, -0.05) is 18.6 Å². The summed E-state index contributed by atoms with van der Waals surface area (Å²) < 4.78 is 26.9. The quantitative estimate of drug-likeness (QED) is 0.848. The zero-order valence-electron chi connectivity index (χ0n) is 11.3. The van der Waals surface area contributed by atoms with Gasteiger partial charge in [0.1, 0.15) is 0 Å². The lowest BCUT2D eigenvalue weighted by atomic mass is 10.2. The van der Waals surface area contributed by atoms with Crippen LogP contribution in [-0.2, 0) is 16.6 Å². The third-order valence-electron chi connectivity index (χ3n) is 3.15. The molecule has 0 bridgehead atoms. The molecule has 0 aromatic carbocycles. The van der Waals surface area contributed by atoms with Crippen LogP contribution in [0, 0.1) is 0 Å². The molecular weight excluding hydrogens is 280 g/mol. The lowest BCUT2D eigenvalue weighted by Crippen LogP contribution is -2.35. The lowest BCUT2D eigenvalue weighted by Gasteiger charge is -2.25. The Hall–Kier alpha value is -0.690. The van der Waals surface area contributed by atoms with Crippen molar-refractivity contribution in [3.8, 4) is 0 Å². The standard InChI is InChI=1S/C13H20N2O2S2/c1-3-14-9-12-13(6-8-18-12)19(16,17)15-7-4-5-11(2)10-15/h5-6,8,14H,3-4,7,9-10H2,1-2H3. The highest BCUT2D eigenvalue weighted by atomic mass is 32.2. The van der Waals surface area contributed by atoms with Crippen molar-refractivity contribution in [2.45, 2.75) is 31.7 Å². The number of hydrogen-bond donors (Lipinski definition) is 1. The van der Waals surface area contributed by atoms with Gasteiger partial charge in [0.05, 0.1) is 4.90 Å². The number of nitrogens with one attached hydrogen (secondary N) is 1. The first kappa shape index (κ1) is 14.7. The van der Waals surface area contributed by atoms with Crippen molar-refractivity contribution in [2.24, 2.45) is 0 Å². The first-order valence-electron chi connectivity index (χ1n) is 6.48. The van der Waals surface area contributed by atoms with Gasteiger partial charge >= 0.3 is 0 Å². The van der Waals surface area contributed by atoms with Gasteiger partial charge in [0.25, 0.3) is 0 Å². The van der Waals surface area contributed by atoms with E-state index in [0.29, 0.717) is 24.5 Å². The fourth-order valence-corrected chi connectivity index (χ4v) is 5.03. The summed E-state index contributed by atoms with van der Waals surface area (Å²) >= 11 is 1.50. The Bertz CT molecular complexity index is 561. The SMILES string of the molecule is CCNCc1sccc1S(=O)(=O)N1CCC=C(C)C1. The lowest BCUT2D eigenvalue weighted by molar-refractivity contribution is 0.427. The van der Waals surface area contributed by atoms with E-state index in [1.54, 1.807) is 10.4 Å². The van der Waals surface area contributed by atoms with E-state index in [2.05, 4.69) is 11.4 Å². The third-order valence-corrected chi connectivity index (χ3v) is 6.13. The molecule has 1 N–H and O–H groups in total. The van der Waals surface area contributed by atoms with Gasteiger partial charge in [-0.3, -0.25) is 0 Å². The normalized spacial score (nSPS) is 17.5. The average Bonchev–Trinajstić information content (AvgIpc) is 2.85. The number of nitrogens with zero attached hydrogens (tertiary/aromatic N) is 1. The predicted octanol–water partition coefficient (Wildman–Crippen LogP) is 2.20. The zero-order valence-corrected chi connectivity index (χ0v) is 13.0. The van der Waals surface area contributed by atoms with Crippen LogP contribution in [-0.4, -0.2) is 32.4 Å². The van der Waals surface area contributed by atoms with Crippen molar-refractivity contribution < 1.29 is 8.42 Å². The Morgan fingerprint density at radius 3 is 2.95 bits per heavy atom. The van der Waals surface area contributed by atoms with Crippen LogP contribution in [0.5, 0.6) is 0 Å². The summed E-state index contributed by atoms with van der Waals surface area (Å²) in [5, 5.41) is 5.04. The van der Waals surface area contributed by atoms with Crippen molar-refractivity contribution in [1.29, 1.82) is 0 Å². The van der Waals surface area contributed by atoms with E-state index in [0.717, 1.165) is 23.4 Å². The highest BCUT2D eigenvalue weighted by Gasteiger charge is 2.28. The van der Waals surface area contributed by atoms with Crippen LogP contribution in [0.15, 0.2) is 28.0 Å². The van der Waals surface area contributed by atoms with Gasteiger partial charge in [-0.2, -0.15) is 4.31 Å². The summed E-state index contributed by atoms with van der Waals surface area (Å²) in [6.07, 6.45) is 2.91. The molecule has 0 radical (unpaired) electrons. The van der Waals surface area contributed by atoms with Gasteiger partial charge in [0.15, 0.2) is 0 Å². The summed E-state index contributed by atoms with van der Waals surface area (Å²) in [5.41, 5.74) is 1.12. The Balaban J connectivity index is 2.24. The average molecular weight is 300 g/mol. The van der Waals surface area contributed by atoms with Gasteiger partial charge in [0.2, 0.25) is 10.0 Å². The van der Waals surface area contributed by atoms with E-state index in [-0.39, 0.29) is 0 Å². The molecule has 0 unspecified atom stereocenters.